The Kier molecular flexibility index (Phi) is 7.27. The number of aldehydes is 1. The molecule has 0 saturated heterocycles. The van der Waals surface area contributed by atoms with E-state index in [0.717, 1.165) is 24.7 Å². The van der Waals surface area contributed by atoms with Crippen molar-refractivity contribution in [1.29, 1.82) is 0 Å². The molecule has 0 amide bonds. The fraction of sp³-hybridized carbons (Fsp3) is 0.583. The molecule has 0 bridgehead atoms. The highest BCUT2D eigenvalue weighted by Crippen LogP contribution is 2.09. The first-order valence-electron chi connectivity index (χ1n) is 4.97. The van der Waals surface area contributed by atoms with Crippen LogP contribution in [0.1, 0.15) is 46.5 Å². The van der Waals surface area contributed by atoms with Crippen LogP contribution >= 0.6 is 0 Å². The highest BCUT2D eigenvalue weighted by atomic mass is 16.1. The minimum atomic E-state index is 0.859. The normalized spacial score (nSPS) is 13.2. The van der Waals surface area contributed by atoms with E-state index in [2.05, 4.69) is 19.9 Å². The van der Waals surface area contributed by atoms with Crippen molar-refractivity contribution in [2.24, 2.45) is 0 Å². The Hall–Kier alpha value is -0.850. The van der Waals surface area contributed by atoms with Crippen LogP contribution in [-0.4, -0.2) is 6.29 Å². The molecule has 0 radical (unpaired) electrons. The summed E-state index contributed by atoms with van der Waals surface area (Å²) >= 11 is 0. The number of allylic oxidation sites excluding steroid dienone is 4. The first-order valence-corrected chi connectivity index (χ1v) is 4.97. The van der Waals surface area contributed by atoms with Crippen LogP contribution in [0.4, 0.5) is 0 Å². The van der Waals surface area contributed by atoms with Gasteiger partial charge in [0.05, 0.1) is 0 Å². The van der Waals surface area contributed by atoms with Crippen molar-refractivity contribution < 1.29 is 4.79 Å². The topological polar surface area (TPSA) is 17.1 Å². The van der Waals surface area contributed by atoms with E-state index in [0.29, 0.717) is 0 Å². The van der Waals surface area contributed by atoms with Crippen LogP contribution in [0.15, 0.2) is 23.3 Å². The van der Waals surface area contributed by atoms with Crippen LogP contribution in [0.5, 0.6) is 0 Å². The zero-order chi connectivity index (χ0) is 10.1. The van der Waals surface area contributed by atoms with Gasteiger partial charge >= 0.3 is 0 Å². The van der Waals surface area contributed by atoms with Gasteiger partial charge in [0, 0.05) is 0 Å². The number of hydrogen-bond acceptors (Lipinski definition) is 1. The maximum absolute atomic E-state index is 10.1. The van der Waals surface area contributed by atoms with Crippen LogP contribution in [0, 0.1) is 0 Å². The summed E-state index contributed by atoms with van der Waals surface area (Å²) < 4.78 is 0. The van der Waals surface area contributed by atoms with Crippen LogP contribution in [0.25, 0.3) is 0 Å². The van der Waals surface area contributed by atoms with E-state index in [1.54, 1.807) is 6.08 Å². The van der Waals surface area contributed by atoms with Crippen molar-refractivity contribution in [3.8, 4) is 0 Å². The van der Waals surface area contributed by atoms with Crippen molar-refractivity contribution in [3.63, 3.8) is 0 Å². The second kappa shape index (κ2) is 7.78. The second-order valence-electron chi connectivity index (χ2n) is 3.49. The average Bonchev–Trinajstić information content (AvgIpc) is 2.05. The molecule has 13 heavy (non-hydrogen) atoms. The van der Waals surface area contributed by atoms with Gasteiger partial charge in [-0.2, -0.15) is 0 Å². The number of rotatable bonds is 6. The van der Waals surface area contributed by atoms with Gasteiger partial charge in [-0.1, -0.05) is 30.6 Å². The molecular formula is C12H20O. The molecule has 0 aromatic rings. The van der Waals surface area contributed by atoms with Gasteiger partial charge in [0.25, 0.3) is 0 Å². The lowest BCUT2D eigenvalue weighted by Crippen LogP contribution is -1.79. The Bertz CT molecular complexity index is 199. The van der Waals surface area contributed by atoms with Gasteiger partial charge in [0.1, 0.15) is 6.29 Å². The summed E-state index contributed by atoms with van der Waals surface area (Å²) in [7, 11) is 0. The third-order valence-electron chi connectivity index (χ3n) is 2.03. The quantitative estimate of drug-likeness (QED) is 0.346. The Balaban J connectivity index is 3.71. The summed E-state index contributed by atoms with van der Waals surface area (Å²) in [6, 6.07) is 0. The Morgan fingerprint density at radius 1 is 1.15 bits per heavy atom. The molecule has 0 unspecified atom stereocenters. The first kappa shape index (κ1) is 12.2. The summed E-state index contributed by atoms with van der Waals surface area (Å²) in [6.07, 6.45) is 9.23. The van der Waals surface area contributed by atoms with E-state index in [4.69, 9.17) is 0 Å². The highest BCUT2D eigenvalue weighted by molar-refractivity contribution is 5.65. The predicted octanol–water partition coefficient (Wildman–Crippen LogP) is 3.66. The molecule has 0 aromatic carbocycles. The van der Waals surface area contributed by atoms with E-state index in [9.17, 15) is 4.79 Å². The van der Waals surface area contributed by atoms with E-state index < -0.39 is 0 Å². The SMILES string of the molecule is CCC/C(C)=C/CC/C(C)=C\C=O. The van der Waals surface area contributed by atoms with Crippen LogP contribution in [-0.2, 0) is 4.79 Å². The molecule has 0 spiro atoms. The fourth-order valence-electron chi connectivity index (χ4n) is 1.24. The molecule has 0 atom stereocenters. The molecule has 0 aromatic heterocycles. The molecule has 0 rings (SSSR count). The van der Waals surface area contributed by atoms with Crippen LogP contribution in [0.2, 0.25) is 0 Å². The Morgan fingerprint density at radius 3 is 2.38 bits per heavy atom. The Morgan fingerprint density at radius 2 is 1.85 bits per heavy atom. The van der Waals surface area contributed by atoms with Crippen molar-refractivity contribution in [2.75, 3.05) is 0 Å². The molecule has 0 aliphatic carbocycles. The third kappa shape index (κ3) is 7.51. The van der Waals surface area contributed by atoms with Gasteiger partial charge in [0.15, 0.2) is 0 Å². The summed E-state index contributed by atoms with van der Waals surface area (Å²) in [5, 5.41) is 0. The maximum atomic E-state index is 10.1. The lowest BCUT2D eigenvalue weighted by Gasteiger charge is -1.98. The zero-order valence-electron chi connectivity index (χ0n) is 8.97. The molecule has 1 heteroatoms. The maximum Gasteiger partial charge on any atom is 0.142 e. The second-order valence-corrected chi connectivity index (χ2v) is 3.49. The minimum absolute atomic E-state index is 0.859. The lowest BCUT2D eigenvalue weighted by molar-refractivity contribution is -0.104. The first-order chi connectivity index (χ1) is 6.20. The predicted molar refractivity (Wildman–Crippen MR) is 57.7 cm³/mol. The molecule has 1 nitrogen and oxygen atoms in total. The molecule has 0 heterocycles. The van der Waals surface area contributed by atoms with Gasteiger partial charge in [-0.15, -0.1) is 0 Å². The lowest BCUT2D eigenvalue weighted by atomic mass is 10.1. The molecule has 0 aliphatic rings. The summed E-state index contributed by atoms with van der Waals surface area (Å²) in [4.78, 5) is 10.1. The molecular weight excluding hydrogens is 160 g/mol. The molecule has 0 fully saturated rings. The molecule has 0 saturated carbocycles. The monoisotopic (exact) mass is 180 g/mol. The van der Waals surface area contributed by atoms with Gasteiger partial charge < -0.3 is 0 Å². The van der Waals surface area contributed by atoms with Crippen LogP contribution in [0.3, 0.4) is 0 Å². The molecule has 74 valence electrons. The van der Waals surface area contributed by atoms with Crippen molar-refractivity contribution in [2.45, 2.75) is 46.5 Å². The summed E-state index contributed by atoms with van der Waals surface area (Å²) in [5.74, 6) is 0. The van der Waals surface area contributed by atoms with Gasteiger partial charge in [-0.25, -0.2) is 0 Å². The van der Waals surface area contributed by atoms with E-state index in [-0.39, 0.29) is 0 Å². The third-order valence-corrected chi connectivity index (χ3v) is 2.03. The van der Waals surface area contributed by atoms with Crippen molar-refractivity contribution in [1.82, 2.24) is 0 Å². The average molecular weight is 180 g/mol. The van der Waals surface area contributed by atoms with Crippen molar-refractivity contribution in [3.05, 3.63) is 23.3 Å². The van der Waals surface area contributed by atoms with E-state index >= 15 is 0 Å². The zero-order valence-corrected chi connectivity index (χ0v) is 8.97. The highest BCUT2D eigenvalue weighted by Gasteiger charge is 1.89. The smallest absolute Gasteiger partial charge is 0.142 e. The summed E-state index contributed by atoms with van der Waals surface area (Å²) in [5.41, 5.74) is 2.62. The number of carbonyl (C=O) groups is 1. The van der Waals surface area contributed by atoms with Gasteiger partial charge in [0.2, 0.25) is 0 Å². The minimum Gasteiger partial charge on any atom is -0.299 e. The number of carbonyl (C=O) groups excluding carboxylic acids is 1. The van der Waals surface area contributed by atoms with Gasteiger partial charge in [-0.05, 0) is 39.2 Å². The van der Waals surface area contributed by atoms with Crippen molar-refractivity contribution >= 4 is 6.29 Å². The fourth-order valence-corrected chi connectivity index (χ4v) is 1.24. The largest absolute Gasteiger partial charge is 0.299 e. The van der Waals surface area contributed by atoms with Gasteiger partial charge in [-0.3, -0.25) is 4.79 Å². The summed E-state index contributed by atoms with van der Waals surface area (Å²) in [6.45, 7) is 6.36. The molecule has 0 N–H and O–H groups in total. The Labute approximate surface area is 81.5 Å². The molecule has 0 aliphatic heterocycles. The number of hydrogen-bond donors (Lipinski definition) is 0. The van der Waals surface area contributed by atoms with E-state index in [1.165, 1.54) is 18.4 Å². The standard InChI is InChI=1S/C12H20O/c1-4-6-11(2)7-5-8-12(3)9-10-13/h7,9-10H,4-6,8H2,1-3H3/b11-7+,12-9-. The van der Waals surface area contributed by atoms with E-state index in [1.807, 2.05) is 6.92 Å². The van der Waals surface area contributed by atoms with Crippen LogP contribution < -0.4 is 0 Å².